The van der Waals surface area contributed by atoms with E-state index < -0.39 is 11.5 Å². The molecule has 0 saturated heterocycles. The highest BCUT2D eigenvalue weighted by atomic mass is 35.5. The van der Waals surface area contributed by atoms with Gasteiger partial charge < -0.3 is 9.72 Å². The molecule has 112 valence electrons. The van der Waals surface area contributed by atoms with Gasteiger partial charge in [-0.05, 0) is 25.1 Å². The molecule has 0 saturated carbocycles. The summed E-state index contributed by atoms with van der Waals surface area (Å²) in [6.45, 7) is 1.79. The lowest BCUT2D eigenvalue weighted by Gasteiger charge is -2.03. The number of fused-ring (bicyclic) bond motifs is 1. The molecule has 0 aliphatic carbocycles. The summed E-state index contributed by atoms with van der Waals surface area (Å²) in [6, 6.07) is 10.8. The van der Waals surface area contributed by atoms with Crippen LogP contribution in [0.4, 0.5) is 0 Å². The Morgan fingerprint density at radius 1 is 1.27 bits per heavy atom. The van der Waals surface area contributed by atoms with Crippen LogP contribution < -0.4 is 5.56 Å². The number of aromatic amines is 1. The number of hydrogen-bond donors (Lipinski definition) is 1. The van der Waals surface area contributed by atoms with Crippen LogP contribution in [0.25, 0.3) is 10.1 Å². The zero-order valence-corrected chi connectivity index (χ0v) is 13.3. The van der Waals surface area contributed by atoms with Gasteiger partial charge in [0.2, 0.25) is 0 Å². The fraction of sp³-hybridized carbons (Fsp3) is 0.125. The molecule has 0 spiro atoms. The molecule has 0 radical (unpaired) electrons. The molecule has 0 unspecified atom stereocenters. The van der Waals surface area contributed by atoms with Crippen LogP contribution in [-0.4, -0.2) is 11.0 Å². The van der Waals surface area contributed by atoms with Gasteiger partial charge in [-0.15, -0.1) is 11.3 Å². The van der Waals surface area contributed by atoms with Gasteiger partial charge in [-0.1, -0.05) is 29.8 Å². The summed E-state index contributed by atoms with van der Waals surface area (Å²) in [5.74, 6) is -0.658. The minimum Gasteiger partial charge on any atom is -0.456 e. The van der Waals surface area contributed by atoms with Crippen LogP contribution in [-0.2, 0) is 11.3 Å². The Bertz CT molecular complexity index is 913. The molecule has 2 aromatic heterocycles. The first-order chi connectivity index (χ1) is 10.6. The predicted molar refractivity (Wildman–Crippen MR) is 87.8 cm³/mol. The van der Waals surface area contributed by atoms with E-state index in [1.807, 2.05) is 24.3 Å². The number of carbonyl (C=O) groups is 1. The highest BCUT2D eigenvalue weighted by Gasteiger charge is 2.15. The predicted octanol–water partition coefficient (Wildman–Crippen LogP) is 3.91. The van der Waals surface area contributed by atoms with Gasteiger partial charge in [-0.25, -0.2) is 4.79 Å². The topological polar surface area (TPSA) is 59.2 Å². The van der Waals surface area contributed by atoms with Crippen molar-refractivity contribution in [3.63, 3.8) is 0 Å². The number of carbonyl (C=O) groups excluding carboxylic acids is 1. The zero-order valence-electron chi connectivity index (χ0n) is 11.7. The molecule has 0 amide bonds. The summed E-state index contributed by atoms with van der Waals surface area (Å²) in [5, 5.41) is 1.53. The summed E-state index contributed by atoms with van der Waals surface area (Å²) >= 11 is 7.76. The normalized spacial score (nSPS) is 10.8. The molecule has 0 atom stereocenters. The van der Waals surface area contributed by atoms with Crippen LogP contribution >= 0.6 is 22.9 Å². The number of benzene rings is 1. The third kappa shape index (κ3) is 2.77. The summed E-state index contributed by atoms with van der Waals surface area (Å²) in [7, 11) is 0. The molecular formula is C16H12ClNO3S. The van der Waals surface area contributed by atoms with Crippen LogP contribution in [0, 0.1) is 6.92 Å². The van der Waals surface area contributed by atoms with Crippen molar-refractivity contribution in [2.24, 2.45) is 0 Å². The number of rotatable bonds is 3. The SMILES string of the molecule is Cc1ccc(C(=O)OCc2sc3ccccc3c2Cl)c(=O)[nH]1. The van der Waals surface area contributed by atoms with Crippen molar-refractivity contribution in [1.82, 2.24) is 4.98 Å². The second kappa shape index (κ2) is 5.94. The van der Waals surface area contributed by atoms with Crippen molar-refractivity contribution in [3.8, 4) is 0 Å². The van der Waals surface area contributed by atoms with E-state index >= 15 is 0 Å². The average Bonchev–Trinajstić information content (AvgIpc) is 2.82. The van der Waals surface area contributed by atoms with Gasteiger partial charge in [0.05, 0.1) is 9.90 Å². The molecule has 1 aromatic carbocycles. The fourth-order valence-corrected chi connectivity index (χ4v) is 3.50. The number of hydrogen-bond acceptors (Lipinski definition) is 4. The number of thiophene rings is 1. The number of H-pyrrole nitrogens is 1. The maximum Gasteiger partial charge on any atom is 0.344 e. The maximum atomic E-state index is 12.0. The Morgan fingerprint density at radius 3 is 2.77 bits per heavy atom. The number of aryl methyl sites for hydroxylation is 1. The minimum atomic E-state index is -0.658. The molecular weight excluding hydrogens is 322 g/mol. The van der Waals surface area contributed by atoms with E-state index in [1.54, 1.807) is 13.0 Å². The zero-order chi connectivity index (χ0) is 15.7. The lowest BCUT2D eigenvalue weighted by atomic mass is 10.2. The Morgan fingerprint density at radius 2 is 2.05 bits per heavy atom. The van der Waals surface area contributed by atoms with Crippen molar-refractivity contribution in [1.29, 1.82) is 0 Å². The molecule has 0 fully saturated rings. The molecule has 3 aromatic rings. The molecule has 0 bridgehead atoms. The quantitative estimate of drug-likeness (QED) is 0.739. The van der Waals surface area contributed by atoms with E-state index in [4.69, 9.17) is 16.3 Å². The molecule has 0 aliphatic heterocycles. The second-order valence-corrected chi connectivity index (χ2v) is 6.31. The number of ether oxygens (including phenoxy) is 1. The smallest absolute Gasteiger partial charge is 0.344 e. The first kappa shape index (κ1) is 14.8. The van der Waals surface area contributed by atoms with E-state index in [-0.39, 0.29) is 12.2 Å². The fourth-order valence-electron chi connectivity index (χ4n) is 2.10. The highest BCUT2D eigenvalue weighted by Crippen LogP contribution is 2.35. The molecule has 3 rings (SSSR count). The van der Waals surface area contributed by atoms with Gasteiger partial charge in [-0.2, -0.15) is 0 Å². The first-order valence-electron chi connectivity index (χ1n) is 6.59. The Hall–Kier alpha value is -2.11. The van der Waals surface area contributed by atoms with Gasteiger partial charge in [0.15, 0.2) is 0 Å². The van der Waals surface area contributed by atoms with Crippen molar-refractivity contribution >= 4 is 39.0 Å². The molecule has 22 heavy (non-hydrogen) atoms. The molecule has 1 N–H and O–H groups in total. The van der Waals surface area contributed by atoms with Crippen molar-refractivity contribution in [2.45, 2.75) is 13.5 Å². The van der Waals surface area contributed by atoms with Crippen molar-refractivity contribution in [3.05, 3.63) is 67.9 Å². The van der Waals surface area contributed by atoms with E-state index in [2.05, 4.69) is 4.98 Å². The summed E-state index contributed by atoms with van der Waals surface area (Å²) in [5.41, 5.74) is 0.226. The van der Waals surface area contributed by atoms with Crippen LogP contribution in [0.3, 0.4) is 0 Å². The number of halogens is 1. The Labute approximate surface area is 135 Å². The van der Waals surface area contributed by atoms with Crippen LogP contribution in [0.1, 0.15) is 20.9 Å². The summed E-state index contributed by atoms with van der Waals surface area (Å²) < 4.78 is 6.25. The number of esters is 1. The number of aromatic nitrogens is 1. The molecule has 4 nitrogen and oxygen atoms in total. The Balaban J connectivity index is 1.80. The second-order valence-electron chi connectivity index (χ2n) is 4.80. The van der Waals surface area contributed by atoms with Crippen LogP contribution in [0.15, 0.2) is 41.2 Å². The van der Waals surface area contributed by atoms with E-state index in [1.165, 1.54) is 17.4 Å². The molecule has 6 heteroatoms. The lowest BCUT2D eigenvalue weighted by molar-refractivity contribution is 0.0475. The van der Waals surface area contributed by atoms with Crippen LogP contribution in [0.2, 0.25) is 5.02 Å². The van der Waals surface area contributed by atoms with Gasteiger partial charge in [0.25, 0.3) is 5.56 Å². The van der Waals surface area contributed by atoms with Gasteiger partial charge in [0.1, 0.15) is 12.2 Å². The maximum absolute atomic E-state index is 12.0. The third-order valence-corrected chi connectivity index (χ3v) is 4.90. The molecule has 2 heterocycles. The van der Waals surface area contributed by atoms with E-state index in [0.29, 0.717) is 10.7 Å². The minimum absolute atomic E-state index is 0.0113. The lowest BCUT2D eigenvalue weighted by Crippen LogP contribution is -2.19. The summed E-state index contributed by atoms with van der Waals surface area (Å²) in [4.78, 5) is 27.1. The first-order valence-corrected chi connectivity index (χ1v) is 7.78. The van der Waals surface area contributed by atoms with Crippen LogP contribution in [0.5, 0.6) is 0 Å². The Kier molecular flexibility index (Phi) is 4.00. The average molecular weight is 334 g/mol. The van der Waals surface area contributed by atoms with Gasteiger partial charge >= 0.3 is 5.97 Å². The van der Waals surface area contributed by atoms with E-state index in [0.717, 1.165) is 15.0 Å². The van der Waals surface area contributed by atoms with Crippen molar-refractivity contribution < 1.29 is 9.53 Å². The summed E-state index contributed by atoms with van der Waals surface area (Å²) in [6.07, 6.45) is 0. The third-order valence-electron chi connectivity index (χ3n) is 3.21. The van der Waals surface area contributed by atoms with E-state index in [9.17, 15) is 9.59 Å². The largest absolute Gasteiger partial charge is 0.456 e. The number of pyridine rings is 1. The standard InChI is InChI=1S/C16H12ClNO3S/c1-9-6-7-11(15(19)18-9)16(20)21-8-13-14(17)10-4-2-3-5-12(10)22-13/h2-7H,8H2,1H3,(H,18,19). The monoisotopic (exact) mass is 333 g/mol. The number of nitrogens with one attached hydrogen (secondary N) is 1. The van der Waals surface area contributed by atoms with Gasteiger partial charge in [-0.3, -0.25) is 4.79 Å². The highest BCUT2D eigenvalue weighted by molar-refractivity contribution is 7.19. The van der Waals surface area contributed by atoms with Gasteiger partial charge in [0, 0.05) is 15.8 Å². The van der Waals surface area contributed by atoms with Crippen molar-refractivity contribution in [2.75, 3.05) is 0 Å². The molecule has 0 aliphatic rings.